The fourth-order valence-electron chi connectivity index (χ4n) is 4.08. The highest BCUT2D eigenvalue weighted by Gasteiger charge is 2.32. The van der Waals surface area contributed by atoms with E-state index in [1.54, 1.807) is 6.20 Å². The van der Waals surface area contributed by atoms with Gasteiger partial charge in [-0.05, 0) is 68.5 Å². The highest BCUT2D eigenvalue weighted by Crippen LogP contribution is 2.23. The van der Waals surface area contributed by atoms with Crippen molar-refractivity contribution in [3.8, 4) is 11.6 Å². The van der Waals surface area contributed by atoms with Gasteiger partial charge in [-0.1, -0.05) is 6.07 Å². The topological polar surface area (TPSA) is 68.2 Å². The largest absolute Gasteiger partial charge is 0.439 e. The van der Waals surface area contributed by atoms with Crippen LogP contribution in [0.1, 0.15) is 36.5 Å². The number of aryl methyl sites for hydroxylation is 2. The molecule has 7 nitrogen and oxygen atoms in total. The molecule has 2 aliphatic rings. The van der Waals surface area contributed by atoms with Gasteiger partial charge >= 0.3 is 0 Å². The average molecular weight is 439 g/mol. The van der Waals surface area contributed by atoms with Gasteiger partial charge in [0.1, 0.15) is 11.9 Å². The first-order chi connectivity index (χ1) is 15.6. The van der Waals surface area contributed by atoms with Gasteiger partial charge in [0.2, 0.25) is 5.88 Å². The highest BCUT2D eigenvalue weighted by atomic mass is 16.5. The van der Waals surface area contributed by atoms with Crippen molar-refractivity contribution in [1.82, 2.24) is 15.2 Å². The zero-order valence-electron chi connectivity index (χ0n) is 19.3. The van der Waals surface area contributed by atoms with Crippen molar-refractivity contribution in [3.63, 3.8) is 0 Å². The summed E-state index contributed by atoms with van der Waals surface area (Å²) in [6, 6.07) is 10.0. The van der Waals surface area contributed by atoms with Crippen LogP contribution in [0.25, 0.3) is 0 Å². The maximum Gasteiger partial charge on any atom is 0.219 e. The van der Waals surface area contributed by atoms with Crippen molar-refractivity contribution in [2.45, 2.75) is 52.4 Å². The summed E-state index contributed by atoms with van der Waals surface area (Å²) in [6.45, 7) is 10.8. The standard InChI is InChI=1S/C25H34N4O3/c1-4-26-25(29-11-13-31-23(17-29)22-6-5-12-30-22)28-16-20-9-10-27-24(15-20)32-21-8-7-18(2)19(3)14-21/h7-10,14-15,22-23H,4-6,11-13,16-17H2,1-3H3,(H,26,28). The summed E-state index contributed by atoms with van der Waals surface area (Å²) in [6.07, 6.45) is 4.27. The van der Waals surface area contributed by atoms with E-state index in [0.717, 1.165) is 56.4 Å². The van der Waals surface area contributed by atoms with E-state index >= 15 is 0 Å². The zero-order valence-corrected chi connectivity index (χ0v) is 19.3. The summed E-state index contributed by atoms with van der Waals surface area (Å²) < 4.78 is 17.8. The molecule has 4 rings (SSSR count). The predicted molar refractivity (Wildman–Crippen MR) is 125 cm³/mol. The molecule has 2 atom stereocenters. The summed E-state index contributed by atoms with van der Waals surface area (Å²) in [7, 11) is 0. The van der Waals surface area contributed by atoms with Gasteiger partial charge in [-0.25, -0.2) is 9.98 Å². The van der Waals surface area contributed by atoms with Crippen molar-refractivity contribution in [2.24, 2.45) is 4.99 Å². The van der Waals surface area contributed by atoms with Gasteiger partial charge in [0.25, 0.3) is 0 Å². The molecule has 2 aliphatic heterocycles. The van der Waals surface area contributed by atoms with Crippen LogP contribution in [-0.2, 0) is 16.0 Å². The second kappa shape index (κ2) is 10.8. The van der Waals surface area contributed by atoms with Crippen LogP contribution in [0.15, 0.2) is 41.5 Å². The minimum absolute atomic E-state index is 0.106. The molecule has 1 aromatic heterocycles. The Morgan fingerprint density at radius 1 is 1.16 bits per heavy atom. The Bertz CT molecular complexity index is 927. The number of nitrogens with zero attached hydrogens (tertiary/aromatic N) is 3. The number of nitrogens with one attached hydrogen (secondary N) is 1. The van der Waals surface area contributed by atoms with Gasteiger partial charge in [-0.15, -0.1) is 0 Å². The minimum Gasteiger partial charge on any atom is -0.439 e. The highest BCUT2D eigenvalue weighted by molar-refractivity contribution is 5.80. The Morgan fingerprint density at radius 2 is 2.03 bits per heavy atom. The molecule has 2 saturated heterocycles. The van der Waals surface area contributed by atoms with Crippen molar-refractivity contribution >= 4 is 5.96 Å². The lowest BCUT2D eigenvalue weighted by Gasteiger charge is -2.37. The molecule has 0 saturated carbocycles. The summed E-state index contributed by atoms with van der Waals surface area (Å²) in [5, 5.41) is 3.43. The van der Waals surface area contributed by atoms with E-state index in [9.17, 15) is 0 Å². The van der Waals surface area contributed by atoms with E-state index in [1.807, 2.05) is 24.3 Å². The van der Waals surface area contributed by atoms with Crippen molar-refractivity contribution < 1.29 is 14.2 Å². The van der Waals surface area contributed by atoms with Gasteiger partial charge < -0.3 is 24.4 Å². The summed E-state index contributed by atoms with van der Waals surface area (Å²) in [5.41, 5.74) is 3.50. The van der Waals surface area contributed by atoms with Crippen molar-refractivity contribution in [3.05, 3.63) is 53.2 Å². The number of guanidine groups is 1. The van der Waals surface area contributed by atoms with Gasteiger partial charge in [0.15, 0.2) is 5.96 Å². The molecule has 2 unspecified atom stereocenters. The second-order valence-corrected chi connectivity index (χ2v) is 8.43. The fourth-order valence-corrected chi connectivity index (χ4v) is 4.08. The molecule has 2 fully saturated rings. The normalized spacial score (nSPS) is 21.6. The molecule has 3 heterocycles. The Morgan fingerprint density at radius 3 is 2.81 bits per heavy atom. The first kappa shape index (κ1) is 22.6. The molecule has 0 radical (unpaired) electrons. The van der Waals surface area contributed by atoms with E-state index in [4.69, 9.17) is 19.2 Å². The van der Waals surface area contributed by atoms with E-state index in [2.05, 4.69) is 42.0 Å². The summed E-state index contributed by atoms with van der Waals surface area (Å²) in [4.78, 5) is 11.5. The first-order valence-corrected chi connectivity index (χ1v) is 11.6. The predicted octanol–water partition coefficient (Wildman–Crippen LogP) is 3.84. The number of hydrogen-bond donors (Lipinski definition) is 1. The molecule has 0 bridgehead atoms. The van der Waals surface area contributed by atoms with Gasteiger partial charge in [-0.3, -0.25) is 0 Å². The molecule has 1 N–H and O–H groups in total. The van der Waals surface area contributed by atoms with E-state index < -0.39 is 0 Å². The Labute approximate surface area is 190 Å². The smallest absolute Gasteiger partial charge is 0.219 e. The lowest BCUT2D eigenvalue weighted by molar-refractivity contribution is -0.0817. The number of rotatable bonds is 6. The molecule has 7 heteroatoms. The molecular formula is C25H34N4O3. The number of ether oxygens (including phenoxy) is 3. The van der Waals surface area contributed by atoms with Crippen LogP contribution < -0.4 is 10.1 Å². The minimum atomic E-state index is 0.106. The van der Waals surface area contributed by atoms with Crippen LogP contribution in [-0.4, -0.2) is 60.9 Å². The van der Waals surface area contributed by atoms with Crippen LogP contribution in [0.4, 0.5) is 0 Å². The average Bonchev–Trinajstić information content (AvgIpc) is 3.35. The van der Waals surface area contributed by atoms with Crippen molar-refractivity contribution in [1.29, 1.82) is 0 Å². The van der Waals surface area contributed by atoms with E-state index in [1.165, 1.54) is 11.1 Å². The van der Waals surface area contributed by atoms with Crippen LogP contribution in [0, 0.1) is 13.8 Å². The van der Waals surface area contributed by atoms with Crippen LogP contribution in [0.2, 0.25) is 0 Å². The maximum atomic E-state index is 6.00. The number of hydrogen-bond acceptors (Lipinski definition) is 5. The monoisotopic (exact) mass is 438 g/mol. The number of aliphatic imine (C=N–C) groups is 1. The quantitative estimate of drug-likeness (QED) is 0.546. The molecule has 0 spiro atoms. The second-order valence-electron chi connectivity index (χ2n) is 8.43. The Hall–Kier alpha value is -2.64. The SMILES string of the molecule is CCNC(=NCc1ccnc(Oc2ccc(C)c(C)c2)c1)N1CCOC(C2CCCO2)C1. The molecule has 0 aliphatic carbocycles. The summed E-state index contributed by atoms with van der Waals surface area (Å²) >= 11 is 0. The lowest BCUT2D eigenvalue weighted by Crippen LogP contribution is -2.53. The van der Waals surface area contributed by atoms with Gasteiger partial charge in [0.05, 0.1) is 19.3 Å². The van der Waals surface area contributed by atoms with E-state index in [-0.39, 0.29) is 12.2 Å². The number of morpholine rings is 1. The fraction of sp³-hybridized carbons (Fsp3) is 0.520. The van der Waals surface area contributed by atoms with Crippen molar-refractivity contribution in [2.75, 3.05) is 32.8 Å². The molecule has 0 amide bonds. The molecule has 1 aromatic carbocycles. The van der Waals surface area contributed by atoms with E-state index in [0.29, 0.717) is 19.0 Å². The molecule has 2 aromatic rings. The number of pyridine rings is 1. The maximum absolute atomic E-state index is 6.00. The Balaban J connectivity index is 1.42. The molecular weight excluding hydrogens is 404 g/mol. The van der Waals surface area contributed by atoms with Gasteiger partial charge in [0, 0.05) is 38.5 Å². The number of aromatic nitrogens is 1. The zero-order chi connectivity index (χ0) is 22.3. The molecule has 32 heavy (non-hydrogen) atoms. The number of benzene rings is 1. The van der Waals surface area contributed by atoms with Crippen LogP contribution in [0.3, 0.4) is 0 Å². The lowest BCUT2D eigenvalue weighted by atomic mass is 10.1. The summed E-state index contributed by atoms with van der Waals surface area (Å²) in [5.74, 6) is 2.28. The molecule has 172 valence electrons. The third kappa shape index (κ3) is 5.78. The van der Waals surface area contributed by atoms with Crippen LogP contribution in [0.5, 0.6) is 11.6 Å². The third-order valence-electron chi connectivity index (χ3n) is 6.02. The van der Waals surface area contributed by atoms with Crippen LogP contribution >= 0.6 is 0 Å². The first-order valence-electron chi connectivity index (χ1n) is 11.6. The van der Waals surface area contributed by atoms with Gasteiger partial charge in [-0.2, -0.15) is 0 Å². The Kier molecular flexibility index (Phi) is 7.60. The third-order valence-corrected chi connectivity index (χ3v) is 6.02.